The number of hydrogen-bond acceptors (Lipinski definition) is 0. The number of rotatable bonds is 4. The van der Waals surface area contributed by atoms with Crippen LogP contribution >= 0.6 is 0 Å². The highest BCUT2D eigenvalue weighted by atomic mass is 14.7. The molecule has 1 aliphatic rings. The highest BCUT2D eigenvalue weighted by Gasteiger charge is 2.26. The van der Waals surface area contributed by atoms with Crippen molar-refractivity contribution >= 4 is 21.8 Å². The number of benzene rings is 2. The van der Waals surface area contributed by atoms with E-state index in [1.807, 2.05) is 12.2 Å². The molecule has 0 spiro atoms. The lowest BCUT2D eigenvalue weighted by atomic mass is 10.0. The minimum Gasteiger partial charge on any atom is -0.355 e. The maximum atomic E-state index is 3.63. The van der Waals surface area contributed by atoms with Gasteiger partial charge < -0.3 is 4.98 Å². The zero-order valence-electron chi connectivity index (χ0n) is 14.4. The standard InChI is InChI=1S/C15H13N.C8H12/c1-2-6-13-12(4-1)15-11(10-8-9-10)5-3-7-14(15)16-13;1-4-7-8(5-2)6-3/h1-7,10,16H,8-9H2;4-5,7H,1-2,6H2,3H3/b;8-7+. The molecule has 4 rings (SSSR count). The molecular formula is C23H25N. The summed E-state index contributed by atoms with van der Waals surface area (Å²) in [6.45, 7) is 9.30. The molecule has 0 bridgehead atoms. The summed E-state index contributed by atoms with van der Waals surface area (Å²) in [4.78, 5) is 3.50. The van der Waals surface area contributed by atoms with E-state index in [-0.39, 0.29) is 0 Å². The summed E-state index contributed by atoms with van der Waals surface area (Å²) in [7, 11) is 0. The SMILES string of the molecule is C=C/C=C(\C=C)CC.c1ccc2c(c1)[nH]c1cccc(C3CC3)c12. The number of H-pyrrole nitrogens is 1. The van der Waals surface area contributed by atoms with Gasteiger partial charge in [0.25, 0.3) is 0 Å². The minimum absolute atomic E-state index is 0.808. The van der Waals surface area contributed by atoms with Gasteiger partial charge in [-0.2, -0.15) is 0 Å². The zero-order chi connectivity index (χ0) is 16.9. The highest BCUT2D eigenvalue weighted by molar-refractivity contribution is 6.09. The van der Waals surface area contributed by atoms with Crippen LogP contribution in [0.25, 0.3) is 21.8 Å². The Morgan fingerprint density at radius 2 is 1.83 bits per heavy atom. The summed E-state index contributed by atoms with van der Waals surface area (Å²) in [5.74, 6) is 0.808. The van der Waals surface area contributed by atoms with Crippen molar-refractivity contribution in [1.29, 1.82) is 0 Å². The monoisotopic (exact) mass is 315 g/mol. The van der Waals surface area contributed by atoms with Crippen LogP contribution in [0.1, 0.15) is 37.7 Å². The fourth-order valence-corrected chi connectivity index (χ4v) is 3.15. The molecule has 1 heterocycles. The van der Waals surface area contributed by atoms with E-state index in [1.165, 1.54) is 45.8 Å². The number of aromatic nitrogens is 1. The molecule has 24 heavy (non-hydrogen) atoms. The molecule has 1 N–H and O–H groups in total. The van der Waals surface area contributed by atoms with Crippen molar-refractivity contribution in [2.75, 3.05) is 0 Å². The van der Waals surface area contributed by atoms with Crippen LogP contribution in [0.15, 0.2) is 79.4 Å². The molecule has 3 aromatic rings. The van der Waals surface area contributed by atoms with Crippen LogP contribution in [0, 0.1) is 0 Å². The molecule has 2 aromatic carbocycles. The summed E-state index contributed by atoms with van der Waals surface area (Å²) in [6, 6.07) is 15.2. The summed E-state index contributed by atoms with van der Waals surface area (Å²) >= 11 is 0. The molecule has 1 heteroatoms. The van der Waals surface area contributed by atoms with Gasteiger partial charge in [0.2, 0.25) is 0 Å². The first kappa shape index (κ1) is 16.3. The smallest absolute Gasteiger partial charge is 0.0467 e. The average Bonchev–Trinajstić information content (AvgIpc) is 3.40. The number of allylic oxidation sites excluding steroid dienone is 4. The van der Waals surface area contributed by atoms with Crippen LogP contribution in [0.3, 0.4) is 0 Å². The van der Waals surface area contributed by atoms with E-state index in [4.69, 9.17) is 0 Å². The molecule has 0 unspecified atom stereocenters. The van der Waals surface area contributed by atoms with Gasteiger partial charge in [-0.3, -0.25) is 0 Å². The Labute approximate surface area is 144 Å². The van der Waals surface area contributed by atoms with Crippen molar-refractivity contribution in [3.8, 4) is 0 Å². The molecule has 0 atom stereocenters. The first-order valence-corrected chi connectivity index (χ1v) is 8.71. The third-order valence-corrected chi connectivity index (χ3v) is 4.58. The van der Waals surface area contributed by atoms with Crippen LogP contribution in [0.5, 0.6) is 0 Å². The van der Waals surface area contributed by atoms with Crippen molar-refractivity contribution in [1.82, 2.24) is 4.98 Å². The van der Waals surface area contributed by atoms with Crippen molar-refractivity contribution in [3.63, 3.8) is 0 Å². The van der Waals surface area contributed by atoms with E-state index in [0.717, 1.165) is 12.3 Å². The van der Waals surface area contributed by atoms with Gasteiger partial charge in [0.15, 0.2) is 0 Å². The topological polar surface area (TPSA) is 15.8 Å². The first-order valence-electron chi connectivity index (χ1n) is 8.71. The Hall–Kier alpha value is -2.54. The van der Waals surface area contributed by atoms with Crippen molar-refractivity contribution in [3.05, 3.63) is 85.0 Å². The predicted molar refractivity (Wildman–Crippen MR) is 107 cm³/mol. The van der Waals surface area contributed by atoms with Gasteiger partial charge >= 0.3 is 0 Å². The van der Waals surface area contributed by atoms with E-state index >= 15 is 0 Å². The Balaban J connectivity index is 0.000000183. The third-order valence-electron chi connectivity index (χ3n) is 4.58. The lowest BCUT2D eigenvalue weighted by Gasteiger charge is -2.00. The second kappa shape index (κ2) is 7.35. The quantitative estimate of drug-likeness (QED) is 0.504. The van der Waals surface area contributed by atoms with Gasteiger partial charge in [-0.15, -0.1) is 0 Å². The van der Waals surface area contributed by atoms with E-state index < -0.39 is 0 Å². The molecular weight excluding hydrogens is 290 g/mol. The molecule has 1 saturated carbocycles. The van der Waals surface area contributed by atoms with Gasteiger partial charge in [0, 0.05) is 21.8 Å². The van der Waals surface area contributed by atoms with E-state index in [9.17, 15) is 0 Å². The zero-order valence-corrected chi connectivity index (χ0v) is 14.4. The molecule has 1 fully saturated rings. The number of fused-ring (bicyclic) bond motifs is 3. The Kier molecular flexibility index (Phi) is 5.00. The molecule has 1 nitrogen and oxygen atoms in total. The Bertz CT molecular complexity index is 891. The van der Waals surface area contributed by atoms with Gasteiger partial charge in [0.1, 0.15) is 0 Å². The molecule has 0 radical (unpaired) electrons. The number of aromatic amines is 1. The summed E-state index contributed by atoms with van der Waals surface area (Å²) in [5.41, 5.74) is 5.31. The normalized spacial score (nSPS) is 14.3. The lowest BCUT2D eigenvalue weighted by Crippen LogP contribution is -1.80. The van der Waals surface area contributed by atoms with Crippen LogP contribution in [0.4, 0.5) is 0 Å². The van der Waals surface area contributed by atoms with Gasteiger partial charge in [-0.25, -0.2) is 0 Å². The lowest BCUT2D eigenvalue weighted by molar-refractivity contribution is 1.15. The summed E-state index contributed by atoms with van der Waals surface area (Å²) in [5, 5.41) is 2.82. The largest absolute Gasteiger partial charge is 0.355 e. The van der Waals surface area contributed by atoms with E-state index in [2.05, 4.69) is 67.5 Å². The van der Waals surface area contributed by atoms with Crippen molar-refractivity contribution in [2.24, 2.45) is 0 Å². The fourth-order valence-electron chi connectivity index (χ4n) is 3.15. The van der Waals surface area contributed by atoms with Gasteiger partial charge in [0.05, 0.1) is 0 Å². The Morgan fingerprint density at radius 3 is 2.46 bits per heavy atom. The van der Waals surface area contributed by atoms with Gasteiger partial charge in [-0.1, -0.05) is 68.6 Å². The molecule has 0 amide bonds. The number of para-hydroxylation sites is 1. The first-order chi connectivity index (χ1) is 11.8. The van der Waals surface area contributed by atoms with Crippen LogP contribution in [0.2, 0.25) is 0 Å². The molecule has 1 aliphatic carbocycles. The molecule has 0 saturated heterocycles. The second-order valence-corrected chi connectivity index (χ2v) is 6.25. The molecule has 1 aromatic heterocycles. The second-order valence-electron chi connectivity index (χ2n) is 6.25. The van der Waals surface area contributed by atoms with Crippen LogP contribution in [-0.4, -0.2) is 4.98 Å². The maximum absolute atomic E-state index is 3.63. The van der Waals surface area contributed by atoms with Crippen LogP contribution in [-0.2, 0) is 0 Å². The number of hydrogen-bond donors (Lipinski definition) is 1. The maximum Gasteiger partial charge on any atom is 0.0467 e. The summed E-state index contributed by atoms with van der Waals surface area (Å²) < 4.78 is 0. The average molecular weight is 315 g/mol. The Morgan fingerprint density at radius 1 is 1.08 bits per heavy atom. The molecule has 0 aliphatic heterocycles. The summed E-state index contributed by atoms with van der Waals surface area (Å²) in [6.07, 6.45) is 9.35. The van der Waals surface area contributed by atoms with Gasteiger partial charge in [-0.05, 0) is 48.4 Å². The van der Waals surface area contributed by atoms with E-state index in [0.29, 0.717) is 0 Å². The van der Waals surface area contributed by atoms with Crippen molar-refractivity contribution < 1.29 is 0 Å². The highest BCUT2D eigenvalue weighted by Crippen LogP contribution is 2.44. The fraction of sp³-hybridized carbons (Fsp3) is 0.217. The van der Waals surface area contributed by atoms with Crippen molar-refractivity contribution in [2.45, 2.75) is 32.1 Å². The predicted octanol–water partition coefficient (Wildman–Crippen LogP) is 6.89. The van der Waals surface area contributed by atoms with E-state index in [1.54, 1.807) is 6.08 Å². The third kappa shape index (κ3) is 3.35. The van der Waals surface area contributed by atoms with Crippen LogP contribution < -0.4 is 0 Å². The molecule has 122 valence electrons. The minimum atomic E-state index is 0.808. The number of nitrogens with one attached hydrogen (secondary N) is 1.